The van der Waals surface area contributed by atoms with Crippen molar-refractivity contribution >= 4 is 117 Å². The number of aliphatic carboxylic acids is 1. The zero-order chi connectivity index (χ0) is 95.0. The van der Waals surface area contributed by atoms with Gasteiger partial charge in [-0.25, -0.2) is 0 Å². The van der Waals surface area contributed by atoms with Crippen molar-refractivity contribution in [3.63, 3.8) is 0 Å². The van der Waals surface area contributed by atoms with Crippen LogP contribution in [-0.4, -0.2) is 267 Å². The molecule has 8 rings (SSSR count). The lowest BCUT2D eigenvalue weighted by Gasteiger charge is -2.37. The SMILES string of the molecule is CCCC[C@H]1C(=O)N(C)CC(=O)N[C@@H](CC(=O)O)C(=O)N[C@@H](C(C)C)C(=O)N(C)[C@@H](Cc2ccccc2)C(=O)N[C@@H](Cc2ccc(O)cc2)C(=O)N(C)CC(=O)N[C@@H](Cc2cccc3ccccc23)C(=O)N[C@@H](Cc2ccc(O)cc2)C(=O)N[C@@H](CC(C)C)C(=O)N[C@H](C(=O)NCC(N)=O)CSCC(=O)N[C@@H](Cc2ccccc2)C(=O)N(C)[C@@H](Cc2ccccc2)C(=O)N1C. The fourth-order valence-electron chi connectivity index (χ4n) is 15.1. The molecule has 694 valence electrons. The highest BCUT2D eigenvalue weighted by atomic mass is 32.2. The molecule has 7 aromatic carbocycles. The van der Waals surface area contributed by atoms with E-state index in [0.717, 1.165) is 31.8 Å². The van der Waals surface area contributed by atoms with Gasteiger partial charge in [0.2, 0.25) is 88.6 Å². The van der Waals surface area contributed by atoms with Crippen molar-refractivity contribution < 1.29 is 92.0 Å². The molecule has 35 heteroatoms. The van der Waals surface area contributed by atoms with E-state index >= 15 is 38.4 Å². The Morgan fingerprint density at radius 3 is 1.42 bits per heavy atom. The van der Waals surface area contributed by atoms with Crippen LogP contribution in [0.4, 0.5) is 0 Å². The van der Waals surface area contributed by atoms with Crippen molar-refractivity contribution in [3.05, 3.63) is 215 Å². The molecule has 0 unspecified atom stereocenters. The summed E-state index contributed by atoms with van der Waals surface area (Å²) in [5.41, 5.74) is 8.51. The predicted octanol–water partition coefficient (Wildman–Crippen LogP) is 3.00. The van der Waals surface area contributed by atoms with Crippen molar-refractivity contribution in [1.82, 2.24) is 72.4 Å². The number of phenols is 2. The number of aromatic hydroxyl groups is 2. The molecule has 7 aromatic rings. The van der Waals surface area contributed by atoms with E-state index in [4.69, 9.17) is 5.73 Å². The molecular weight excluding hydrogens is 1690 g/mol. The molecule has 1 aliphatic heterocycles. The fraction of sp³-hybridized carbons (Fsp3) is 0.411. The molecule has 0 bridgehead atoms. The lowest BCUT2D eigenvalue weighted by Crippen LogP contribution is -2.61. The maximum atomic E-state index is 15.5. The van der Waals surface area contributed by atoms with Gasteiger partial charge in [-0.3, -0.25) is 76.7 Å². The molecule has 0 aliphatic carbocycles. The van der Waals surface area contributed by atoms with E-state index in [1.165, 1.54) is 93.6 Å². The van der Waals surface area contributed by atoms with Gasteiger partial charge in [0.25, 0.3) is 0 Å². The Balaban J connectivity index is 1.22. The van der Waals surface area contributed by atoms with Crippen LogP contribution in [0.1, 0.15) is 100 Å². The second kappa shape index (κ2) is 49.6. The maximum absolute atomic E-state index is 15.5. The number of carbonyl (C=O) groups excluding carboxylic acids is 15. The lowest BCUT2D eigenvalue weighted by atomic mass is 9.97. The molecular formula is C95H119N15O19S. The Bertz CT molecular complexity index is 5110. The first-order valence-corrected chi connectivity index (χ1v) is 44.2. The smallest absolute Gasteiger partial charge is 0.305 e. The fourth-order valence-corrected chi connectivity index (χ4v) is 16.0. The number of rotatable bonds is 23. The quantitative estimate of drug-likeness (QED) is 0.0438. The monoisotopic (exact) mass is 1810 g/mol. The molecule has 0 radical (unpaired) electrons. The Morgan fingerprint density at radius 2 is 0.877 bits per heavy atom. The Hall–Kier alpha value is -13.7. The van der Waals surface area contributed by atoms with Crippen LogP contribution in [0.25, 0.3) is 10.8 Å². The Labute approximate surface area is 760 Å². The number of likely N-dealkylation sites (N-methyl/N-ethyl adjacent to an activating group) is 5. The summed E-state index contributed by atoms with van der Waals surface area (Å²) in [5.74, 6) is -17.4. The predicted molar refractivity (Wildman–Crippen MR) is 488 cm³/mol. The molecule has 1 aliphatic rings. The first kappa shape index (κ1) is 102. The van der Waals surface area contributed by atoms with Crippen LogP contribution < -0.4 is 53.6 Å². The van der Waals surface area contributed by atoms with Crippen LogP contribution in [-0.2, 0) is 115 Å². The van der Waals surface area contributed by atoms with Crippen LogP contribution >= 0.6 is 11.8 Å². The number of carbonyl (C=O) groups is 16. The number of hydrogen-bond donors (Lipinski definition) is 13. The number of hydrogen-bond acceptors (Lipinski definition) is 19. The molecule has 11 atom stereocenters. The number of nitrogens with one attached hydrogen (secondary N) is 9. The summed E-state index contributed by atoms with van der Waals surface area (Å²) in [6.07, 6.45) is -1.52. The van der Waals surface area contributed by atoms with Gasteiger partial charge in [-0.05, 0) is 93.1 Å². The lowest BCUT2D eigenvalue weighted by molar-refractivity contribution is -0.151. The Kier molecular flexibility index (Phi) is 38.8. The molecule has 14 N–H and O–H groups in total. The van der Waals surface area contributed by atoms with E-state index < -0.39 is 199 Å². The minimum Gasteiger partial charge on any atom is -0.508 e. The molecule has 1 saturated heterocycles. The third kappa shape index (κ3) is 30.8. The van der Waals surface area contributed by atoms with Gasteiger partial charge >= 0.3 is 5.97 Å². The first-order chi connectivity index (χ1) is 61.9. The normalized spacial score (nSPS) is 21.8. The topological polar surface area (TPSA) is 484 Å². The highest BCUT2D eigenvalue weighted by Gasteiger charge is 2.42. The summed E-state index contributed by atoms with van der Waals surface area (Å²) in [7, 11) is 6.55. The molecule has 130 heavy (non-hydrogen) atoms. The van der Waals surface area contributed by atoms with Crippen LogP contribution in [0.2, 0.25) is 0 Å². The van der Waals surface area contributed by atoms with Gasteiger partial charge in [0.15, 0.2) is 0 Å². The van der Waals surface area contributed by atoms with Crippen LogP contribution in [0, 0.1) is 11.8 Å². The number of primary amides is 1. The number of phenolic OH excluding ortho intramolecular Hbond substituents is 2. The summed E-state index contributed by atoms with van der Waals surface area (Å²) in [6, 6.07) is 32.7. The molecule has 15 amide bonds. The van der Waals surface area contributed by atoms with Gasteiger partial charge in [-0.1, -0.05) is 205 Å². The number of fused-ring (bicyclic) bond motifs is 1. The largest absolute Gasteiger partial charge is 0.508 e. The number of amides is 15. The first-order valence-electron chi connectivity index (χ1n) is 43.1. The number of nitrogens with two attached hydrogens (primary N) is 1. The van der Waals surface area contributed by atoms with Gasteiger partial charge in [-0.2, -0.15) is 0 Å². The second-order valence-corrected chi connectivity index (χ2v) is 34.4. The van der Waals surface area contributed by atoms with Crippen molar-refractivity contribution in [3.8, 4) is 11.5 Å². The van der Waals surface area contributed by atoms with E-state index in [2.05, 4.69) is 47.9 Å². The number of carboxylic acid groups (broad SMARTS) is 1. The Morgan fingerprint density at radius 1 is 0.438 bits per heavy atom. The summed E-state index contributed by atoms with van der Waals surface area (Å²) in [5, 5.41) is 56.5. The molecule has 0 saturated carbocycles. The highest BCUT2D eigenvalue weighted by Crippen LogP contribution is 2.25. The highest BCUT2D eigenvalue weighted by molar-refractivity contribution is 8.00. The average Bonchev–Trinajstić information content (AvgIpc) is 0.835. The molecule has 0 spiro atoms. The van der Waals surface area contributed by atoms with Crippen LogP contribution in [0.3, 0.4) is 0 Å². The number of unbranched alkanes of at least 4 members (excludes halogenated alkanes) is 1. The van der Waals surface area contributed by atoms with E-state index in [9.17, 15) is 53.7 Å². The van der Waals surface area contributed by atoms with E-state index in [1.54, 1.807) is 149 Å². The van der Waals surface area contributed by atoms with Crippen LogP contribution in [0.15, 0.2) is 182 Å². The molecule has 1 fully saturated rings. The number of benzene rings is 7. The van der Waals surface area contributed by atoms with E-state index in [-0.39, 0.29) is 74.5 Å². The van der Waals surface area contributed by atoms with Gasteiger partial charge in [0.1, 0.15) is 78.0 Å². The summed E-state index contributed by atoms with van der Waals surface area (Å²) < 4.78 is 0. The minimum atomic E-state index is -1.91. The van der Waals surface area contributed by atoms with Gasteiger partial charge in [0.05, 0.1) is 31.8 Å². The van der Waals surface area contributed by atoms with Gasteiger partial charge < -0.3 is 93.4 Å². The summed E-state index contributed by atoms with van der Waals surface area (Å²) >= 11 is 0.830. The van der Waals surface area contributed by atoms with Crippen molar-refractivity contribution in [2.45, 2.75) is 172 Å². The molecule has 1 heterocycles. The zero-order valence-corrected chi connectivity index (χ0v) is 75.6. The third-order valence-electron chi connectivity index (χ3n) is 22.3. The van der Waals surface area contributed by atoms with E-state index in [1.807, 2.05) is 19.1 Å². The van der Waals surface area contributed by atoms with Crippen molar-refractivity contribution in [2.24, 2.45) is 17.6 Å². The van der Waals surface area contributed by atoms with Crippen LogP contribution in [0.5, 0.6) is 11.5 Å². The molecule has 34 nitrogen and oxygen atoms in total. The number of thioether (sulfide) groups is 1. The van der Waals surface area contributed by atoms with E-state index in [0.29, 0.717) is 51.6 Å². The van der Waals surface area contributed by atoms with Crippen molar-refractivity contribution in [1.29, 1.82) is 0 Å². The van der Waals surface area contributed by atoms with Crippen molar-refractivity contribution in [2.75, 3.05) is 66.4 Å². The number of carboxylic acids is 1. The standard InChI is InChI=1S/C95H119N15O19S/c1-11-12-35-76-93(127)107(7)54-81(115)99-72(51-83(117)118)89(123)105-84(58(4)5)95(129)109(9)77(48-60-27-18-14-19-28-60)90(124)103-73(47-63-38-42-67(112)43-39-63)91(125)106(6)53-80(114)98-71(50-65-33-24-32-64-31-22-23-34-68(64)65)88(122)102-70(45-62-36-40-66(111)41-37-62)87(121)101-69(44-57(2)3)86(120)104-75(85(119)97-52-79(96)113)55-130-56-82(116)100-74(46-59-25-16-13-17-26-59)92(126)110(10)78(94(128)108(76)8)49-61-29-20-15-21-30-61/h13-34,36-43,57-58,69-78,84,111-112H,11-12,35,44-56H2,1-10H3,(H2,96,113)(H,97,119)(H,98,114)(H,99,115)(H,100,116)(H,101,121)(H,102,122)(H,103,124)(H,104,120)(H,105,123)(H,117,118)/t69-,70-,71-,72-,73-,74-,75-,76-,77-,78-,84-/m0/s1. The maximum Gasteiger partial charge on any atom is 0.305 e. The average molecular weight is 1810 g/mol. The minimum absolute atomic E-state index is 0.0300. The summed E-state index contributed by atoms with van der Waals surface area (Å²) in [6.45, 7) is 6.18. The van der Waals surface area contributed by atoms with Gasteiger partial charge in [-0.15, -0.1) is 11.8 Å². The molecule has 0 aromatic heterocycles. The third-order valence-corrected chi connectivity index (χ3v) is 23.3. The van der Waals surface area contributed by atoms with Gasteiger partial charge in [0, 0.05) is 79.5 Å². The number of nitrogens with zero attached hydrogens (tertiary/aromatic N) is 5. The summed E-state index contributed by atoms with van der Waals surface area (Å²) in [4.78, 5) is 241. The second-order valence-electron chi connectivity index (χ2n) is 33.3. The zero-order valence-electron chi connectivity index (χ0n) is 74.7.